The lowest BCUT2D eigenvalue weighted by Gasteiger charge is -2.27. The minimum absolute atomic E-state index is 0.0933. The van der Waals surface area contributed by atoms with Crippen molar-refractivity contribution in [2.45, 2.75) is 56.1 Å². The molecule has 2 unspecified atom stereocenters. The average Bonchev–Trinajstić information content (AvgIpc) is 3.26. The van der Waals surface area contributed by atoms with Gasteiger partial charge in [0.25, 0.3) is 0 Å². The van der Waals surface area contributed by atoms with Crippen LogP contribution in [0.4, 0.5) is 4.79 Å². The molecule has 2 aliphatic rings. The fourth-order valence-electron chi connectivity index (χ4n) is 4.68. The van der Waals surface area contributed by atoms with Gasteiger partial charge in [0.05, 0.1) is 12.1 Å². The molecular weight excluding hydrogens is 556 g/mol. The topological polar surface area (TPSA) is 60.9 Å². The number of aliphatic carboxylic acids is 1. The van der Waals surface area contributed by atoms with Gasteiger partial charge in [0.2, 0.25) is 0 Å². The van der Waals surface area contributed by atoms with Crippen LogP contribution in [-0.4, -0.2) is 50.0 Å². The third-order valence-corrected chi connectivity index (χ3v) is 8.58. The number of fused-ring (bicyclic) bond motifs is 1. The number of amides is 2. The van der Waals surface area contributed by atoms with Crippen LogP contribution in [-0.2, 0) is 17.9 Å². The SMILES string of the molecule is O=C(O)CCCC[C@@H]1SCC2C1N(Cc1cccc(Br)c1)C(=O)N2Cc1cccc(Br)c1. The number of hydrogen-bond donors (Lipinski definition) is 1. The standard InChI is InChI=1S/C24H26Br2N2O3S/c25-18-7-3-5-16(11-18)13-27-20-15-32-21(9-1-2-10-22(29)30)23(20)28(24(27)31)14-17-6-4-8-19(26)12-17/h3-8,11-12,20-21,23H,1-2,9-10,13-15H2,(H,29,30)/t20?,21-,23?/m0/s1. The zero-order valence-corrected chi connectivity index (χ0v) is 21.6. The maximum atomic E-state index is 13.6. The van der Waals surface area contributed by atoms with Crippen molar-refractivity contribution in [1.82, 2.24) is 9.80 Å². The van der Waals surface area contributed by atoms with Gasteiger partial charge < -0.3 is 14.9 Å². The highest BCUT2D eigenvalue weighted by Crippen LogP contribution is 2.43. The number of carbonyl (C=O) groups excluding carboxylic acids is 1. The number of halogens is 2. The van der Waals surface area contributed by atoms with E-state index in [-0.39, 0.29) is 24.5 Å². The molecule has 2 aliphatic heterocycles. The summed E-state index contributed by atoms with van der Waals surface area (Å²) in [6.07, 6.45) is 2.70. The number of hydrogen-bond acceptors (Lipinski definition) is 3. The summed E-state index contributed by atoms with van der Waals surface area (Å²) in [5.41, 5.74) is 2.22. The third kappa shape index (κ3) is 5.51. The summed E-state index contributed by atoms with van der Waals surface area (Å²) >= 11 is 9.01. The van der Waals surface area contributed by atoms with Gasteiger partial charge in [-0.1, -0.05) is 62.5 Å². The second-order valence-electron chi connectivity index (χ2n) is 8.37. The van der Waals surface area contributed by atoms with E-state index in [0.29, 0.717) is 24.8 Å². The lowest BCUT2D eigenvalue weighted by Crippen LogP contribution is -2.40. The molecule has 1 N–H and O–H groups in total. The third-order valence-electron chi connectivity index (χ3n) is 6.12. The van der Waals surface area contributed by atoms with E-state index < -0.39 is 5.97 Å². The quantitative estimate of drug-likeness (QED) is 0.285. The number of unbranched alkanes of at least 4 members (excludes halogenated alkanes) is 1. The molecule has 2 fully saturated rings. The van der Waals surface area contributed by atoms with Gasteiger partial charge in [-0.3, -0.25) is 4.79 Å². The zero-order chi connectivity index (χ0) is 22.7. The summed E-state index contributed by atoms with van der Waals surface area (Å²) in [5, 5.41) is 9.27. The minimum Gasteiger partial charge on any atom is -0.481 e. The van der Waals surface area contributed by atoms with Crippen LogP contribution in [0.25, 0.3) is 0 Å². The van der Waals surface area contributed by atoms with E-state index in [1.54, 1.807) is 0 Å². The van der Waals surface area contributed by atoms with Crippen molar-refractivity contribution in [3.05, 3.63) is 68.6 Å². The molecule has 0 aromatic heterocycles. The van der Waals surface area contributed by atoms with E-state index in [0.717, 1.165) is 38.7 Å². The van der Waals surface area contributed by atoms with Crippen molar-refractivity contribution >= 4 is 55.6 Å². The van der Waals surface area contributed by atoms with Crippen LogP contribution in [0.3, 0.4) is 0 Å². The maximum Gasteiger partial charge on any atom is 0.321 e. The predicted octanol–water partition coefficient (Wildman–Crippen LogP) is 6.15. The van der Waals surface area contributed by atoms with E-state index in [9.17, 15) is 9.59 Å². The summed E-state index contributed by atoms with van der Waals surface area (Å²) in [4.78, 5) is 28.6. The van der Waals surface area contributed by atoms with E-state index >= 15 is 0 Å². The summed E-state index contributed by atoms with van der Waals surface area (Å²) in [7, 11) is 0. The van der Waals surface area contributed by atoms with Crippen LogP contribution in [0.1, 0.15) is 36.8 Å². The number of carboxylic acids is 1. The molecule has 2 saturated heterocycles. The van der Waals surface area contributed by atoms with Gasteiger partial charge in [0.1, 0.15) is 0 Å². The van der Waals surface area contributed by atoms with Crippen molar-refractivity contribution in [1.29, 1.82) is 0 Å². The van der Waals surface area contributed by atoms with Gasteiger partial charge in [-0.25, -0.2) is 4.79 Å². The number of carboxylic acid groups (broad SMARTS) is 1. The monoisotopic (exact) mass is 580 g/mol. The smallest absolute Gasteiger partial charge is 0.321 e. The molecule has 2 aromatic rings. The molecule has 4 rings (SSSR count). The first kappa shape index (κ1) is 23.6. The lowest BCUT2D eigenvalue weighted by atomic mass is 10.0. The molecule has 5 nitrogen and oxygen atoms in total. The van der Waals surface area contributed by atoms with Crippen molar-refractivity contribution in [2.75, 3.05) is 5.75 Å². The Hall–Kier alpha value is -1.51. The summed E-state index contributed by atoms with van der Waals surface area (Å²) < 4.78 is 2.02. The van der Waals surface area contributed by atoms with Gasteiger partial charge >= 0.3 is 12.0 Å². The molecule has 2 aromatic carbocycles. The first-order valence-electron chi connectivity index (χ1n) is 10.8. The van der Waals surface area contributed by atoms with E-state index in [1.165, 1.54) is 0 Å². The highest BCUT2D eigenvalue weighted by molar-refractivity contribution is 9.10. The number of urea groups is 1. The Morgan fingerprint density at radius 1 is 1.00 bits per heavy atom. The summed E-state index contributed by atoms with van der Waals surface area (Å²) in [6, 6.07) is 16.7. The number of benzene rings is 2. The van der Waals surface area contributed by atoms with Crippen LogP contribution < -0.4 is 0 Å². The molecule has 0 bridgehead atoms. The van der Waals surface area contributed by atoms with Crippen molar-refractivity contribution in [2.24, 2.45) is 0 Å². The molecule has 2 amide bonds. The molecule has 2 heterocycles. The number of thioether (sulfide) groups is 1. The predicted molar refractivity (Wildman–Crippen MR) is 135 cm³/mol. The van der Waals surface area contributed by atoms with Crippen LogP contribution in [0.2, 0.25) is 0 Å². The van der Waals surface area contributed by atoms with Crippen LogP contribution in [0.15, 0.2) is 57.5 Å². The van der Waals surface area contributed by atoms with Crippen molar-refractivity contribution < 1.29 is 14.7 Å². The van der Waals surface area contributed by atoms with Crippen molar-refractivity contribution in [3.8, 4) is 0 Å². The molecule has 0 spiro atoms. The number of carbonyl (C=O) groups is 2. The second kappa shape index (κ2) is 10.6. The Morgan fingerprint density at radius 2 is 1.62 bits per heavy atom. The molecule has 32 heavy (non-hydrogen) atoms. The fraction of sp³-hybridized carbons (Fsp3) is 0.417. The highest BCUT2D eigenvalue weighted by atomic mass is 79.9. The Bertz CT molecular complexity index is 989. The van der Waals surface area contributed by atoms with Gasteiger partial charge in [0, 0.05) is 39.5 Å². The minimum atomic E-state index is -0.741. The van der Waals surface area contributed by atoms with Gasteiger partial charge in [-0.2, -0.15) is 11.8 Å². The van der Waals surface area contributed by atoms with Crippen LogP contribution in [0, 0.1) is 0 Å². The molecule has 8 heteroatoms. The summed E-state index contributed by atoms with van der Waals surface area (Å²) in [5.74, 6) is 0.178. The van der Waals surface area contributed by atoms with Crippen molar-refractivity contribution in [3.63, 3.8) is 0 Å². The second-order valence-corrected chi connectivity index (χ2v) is 11.5. The average molecular weight is 582 g/mol. The Kier molecular flexibility index (Phi) is 7.84. The molecule has 3 atom stereocenters. The van der Waals surface area contributed by atoms with E-state index in [4.69, 9.17) is 5.11 Å². The first-order valence-corrected chi connectivity index (χ1v) is 13.5. The maximum absolute atomic E-state index is 13.6. The number of nitrogens with zero attached hydrogens (tertiary/aromatic N) is 2. The molecule has 0 radical (unpaired) electrons. The molecular formula is C24H26Br2N2O3S. The van der Waals surface area contributed by atoms with Gasteiger partial charge in [0.15, 0.2) is 0 Å². The largest absolute Gasteiger partial charge is 0.481 e. The van der Waals surface area contributed by atoms with E-state index in [1.807, 2.05) is 45.8 Å². The zero-order valence-electron chi connectivity index (χ0n) is 17.6. The van der Waals surface area contributed by atoms with Crippen LogP contribution >= 0.6 is 43.6 Å². The highest BCUT2D eigenvalue weighted by Gasteiger charge is 2.52. The normalized spacial score (nSPS) is 22.4. The number of rotatable bonds is 9. The Balaban J connectivity index is 1.54. The van der Waals surface area contributed by atoms with Gasteiger partial charge in [-0.15, -0.1) is 0 Å². The molecule has 170 valence electrons. The Labute approximate surface area is 209 Å². The van der Waals surface area contributed by atoms with E-state index in [2.05, 4.69) is 56.1 Å². The van der Waals surface area contributed by atoms with Gasteiger partial charge in [-0.05, 0) is 48.2 Å². The lowest BCUT2D eigenvalue weighted by molar-refractivity contribution is -0.137. The summed E-state index contributed by atoms with van der Waals surface area (Å²) in [6.45, 7) is 1.18. The fourth-order valence-corrected chi connectivity index (χ4v) is 7.26. The van der Waals surface area contributed by atoms with Crippen LogP contribution in [0.5, 0.6) is 0 Å². The molecule has 0 saturated carbocycles. The molecule has 0 aliphatic carbocycles. The first-order chi connectivity index (χ1) is 15.4. The Morgan fingerprint density at radius 3 is 2.22 bits per heavy atom.